The molecule has 2 heteroatoms. The molecule has 2 nitrogen and oxygen atoms in total. The Morgan fingerprint density at radius 2 is 1.95 bits per heavy atom. The topological polar surface area (TPSA) is 21.3 Å². The van der Waals surface area contributed by atoms with Gasteiger partial charge < -0.3 is 10.1 Å². The van der Waals surface area contributed by atoms with Crippen molar-refractivity contribution in [2.45, 2.75) is 64.5 Å². The van der Waals surface area contributed by atoms with Gasteiger partial charge in [0, 0.05) is 6.04 Å². The second-order valence-electron chi connectivity index (χ2n) is 5.93. The van der Waals surface area contributed by atoms with Crippen LogP contribution in [0.3, 0.4) is 0 Å². The van der Waals surface area contributed by atoms with Crippen molar-refractivity contribution in [2.24, 2.45) is 0 Å². The van der Waals surface area contributed by atoms with E-state index in [1.54, 1.807) is 0 Å². The second kappa shape index (κ2) is 6.95. The summed E-state index contributed by atoms with van der Waals surface area (Å²) in [4.78, 5) is 0. The molecule has 1 aliphatic rings. The molecule has 1 fully saturated rings. The predicted molar refractivity (Wildman–Crippen MR) is 80.9 cm³/mol. The monoisotopic (exact) mass is 261 g/mol. The quantitative estimate of drug-likeness (QED) is 0.832. The fourth-order valence-corrected chi connectivity index (χ4v) is 2.70. The molecule has 0 spiro atoms. The first-order chi connectivity index (χ1) is 9.19. The summed E-state index contributed by atoms with van der Waals surface area (Å²) < 4.78 is 6.08. The highest BCUT2D eigenvalue weighted by atomic mass is 16.5. The Balaban J connectivity index is 1.82. The highest BCUT2D eigenvalue weighted by Gasteiger charge is 2.25. The van der Waals surface area contributed by atoms with Crippen molar-refractivity contribution in [1.82, 2.24) is 5.32 Å². The Hall–Kier alpha value is -1.02. The van der Waals surface area contributed by atoms with Crippen LogP contribution < -0.4 is 10.1 Å². The third-order valence-electron chi connectivity index (χ3n) is 3.92. The van der Waals surface area contributed by atoms with Crippen molar-refractivity contribution in [1.29, 1.82) is 0 Å². The molecule has 106 valence electrons. The minimum Gasteiger partial charge on any atom is -0.490 e. The van der Waals surface area contributed by atoms with Crippen molar-refractivity contribution in [2.75, 3.05) is 6.54 Å². The van der Waals surface area contributed by atoms with E-state index in [9.17, 15) is 0 Å². The van der Waals surface area contributed by atoms with Gasteiger partial charge in [-0.05, 0) is 55.8 Å². The summed E-state index contributed by atoms with van der Waals surface area (Å²) in [5, 5.41) is 3.59. The molecule has 2 rings (SSSR count). The van der Waals surface area contributed by atoms with E-state index < -0.39 is 0 Å². The van der Waals surface area contributed by atoms with Gasteiger partial charge in [-0.2, -0.15) is 0 Å². The van der Waals surface area contributed by atoms with E-state index in [-0.39, 0.29) is 0 Å². The van der Waals surface area contributed by atoms with Gasteiger partial charge in [-0.3, -0.25) is 0 Å². The molecule has 2 atom stereocenters. The van der Waals surface area contributed by atoms with E-state index >= 15 is 0 Å². The van der Waals surface area contributed by atoms with Gasteiger partial charge in [0.15, 0.2) is 0 Å². The molecule has 0 bridgehead atoms. The second-order valence-corrected chi connectivity index (χ2v) is 5.93. The van der Waals surface area contributed by atoms with E-state index in [0.29, 0.717) is 18.1 Å². The molecule has 0 amide bonds. The maximum absolute atomic E-state index is 6.08. The lowest BCUT2D eigenvalue weighted by molar-refractivity contribution is 0.206. The molecule has 0 heterocycles. The van der Waals surface area contributed by atoms with Crippen LogP contribution in [0.5, 0.6) is 5.75 Å². The third-order valence-corrected chi connectivity index (χ3v) is 3.92. The maximum Gasteiger partial charge on any atom is 0.119 e. The number of rotatable bonds is 6. The van der Waals surface area contributed by atoms with Crippen LogP contribution in [0.1, 0.15) is 57.9 Å². The standard InChI is InChI=1S/C17H27NO/c1-4-11-18-15-7-10-17(12-15)19-16-8-5-14(6-9-16)13(2)3/h5-6,8-9,13,15,17-18H,4,7,10-12H2,1-3H3. The Bertz CT molecular complexity index is 371. The van der Waals surface area contributed by atoms with E-state index in [4.69, 9.17) is 4.74 Å². The predicted octanol–water partition coefficient (Wildman–Crippen LogP) is 4.11. The Labute approximate surface area is 117 Å². The van der Waals surface area contributed by atoms with Crippen LogP contribution in [-0.2, 0) is 0 Å². The Morgan fingerprint density at radius 3 is 2.58 bits per heavy atom. The van der Waals surface area contributed by atoms with Crippen LogP contribution in [-0.4, -0.2) is 18.7 Å². The number of hydrogen-bond acceptors (Lipinski definition) is 2. The summed E-state index contributed by atoms with van der Waals surface area (Å²) in [6, 6.07) is 9.24. The summed E-state index contributed by atoms with van der Waals surface area (Å²) in [6.45, 7) is 7.78. The highest BCUT2D eigenvalue weighted by molar-refractivity contribution is 5.29. The Kier molecular flexibility index (Phi) is 5.26. The van der Waals surface area contributed by atoms with Crippen molar-refractivity contribution < 1.29 is 4.74 Å². The zero-order valence-corrected chi connectivity index (χ0v) is 12.5. The van der Waals surface area contributed by atoms with Crippen LogP contribution >= 0.6 is 0 Å². The molecule has 1 aromatic carbocycles. The lowest BCUT2D eigenvalue weighted by Crippen LogP contribution is -2.28. The van der Waals surface area contributed by atoms with Crippen LogP contribution in [0.4, 0.5) is 0 Å². The zero-order valence-electron chi connectivity index (χ0n) is 12.5. The fraction of sp³-hybridized carbons (Fsp3) is 0.647. The van der Waals surface area contributed by atoms with E-state index in [0.717, 1.165) is 18.7 Å². The first-order valence-electron chi connectivity index (χ1n) is 7.69. The third kappa shape index (κ3) is 4.24. The number of ether oxygens (including phenoxy) is 1. The summed E-state index contributed by atoms with van der Waals surface area (Å²) >= 11 is 0. The first-order valence-corrected chi connectivity index (χ1v) is 7.69. The van der Waals surface area contributed by atoms with Gasteiger partial charge in [-0.1, -0.05) is 32.9 Å². The molecule has 19 heavy (non-hydrogen) atoms. The molecule has 2 unspecified atom stereocenters. The van der Waals surface area contributed by atoms with Crippen molar-refractivity contribution in [3.05, 3.63) is 29.8 Å². The van der Waals surface area contributed by atoms with E-state index in [2.05, 4.69) is 50.4 Å². The van der Waals surface area contributed by atoms with Gasteiger partial charge in [-0.15, -0.1) is 0 Å². The lowest BCUT2D eigenvalue weighted by atomic mass is 10.0. The van der Waals surface area contributed by atoms with Gasteiger partial charge >= 0.3 is 0 Å². The molecule has 0 aliphatic heterocycles. The molecule has 1 N–H and O–H groups in total. The van der Waals surface area contributed by atoms with Crippen LogP contribution in [0, 0.1) is 0 Å². The van der Waals surface area contributed by atoms with Crippen LogP contribution in [0.25, 0.3) is 0 Å². The van der Waals surface area contributed by atoms with Gasteiger partial charge in [0.2, 0.25) is 0 Å². The van der Waals surface area contributed by atoms with E-state index in [1.807, 2.05) is 0 Å². The Morgan fingerprint density at radius 1 is 1.21 bits per heavy atom. The van der Waals surface area contributed by atoms with Gasteiger partial charge in [0.05, 0.1) is 0 Å². The number of hydrogen-bond donors (Lipinski definition) is 1. The van der Waals surface area contributed by atoms with Gasteiger partial charge in [0.25, 0.3) is 0 Å². The van der Waals surface area contributed by atoms with E-state index in [1.165, 1.54) is 24.8 Å². The highest BCUT2D eigenvalue weighted by Crippen LogP contribution is 2.26. The summed E-state index contributed by atoms with van der Waals surface area (Å²) in [5.41, 5.74) is 1.38. The van der Waals surface area contributed by atoms with Crippen molar-refractivity contribution in [3.63, 3.8) is 0 Å². The maximum atomic E-state index is 6.08. The molecular formula is C17H27NO. The van der Waals surface area contributed by atoms with Crippen molar-refractivity contribution >= 4 is 0 Å². The summed E-state index contributed by atoms with van der Waals surface area (Å²) in [6.07, 6.45) is 5.16. The number of nitrogens with one attached hydrogen (secondary N) is 1. The number of benzene rings is 1. The largest absolute Gasteiger partial charge is 0.490 e. The van der Waals surface area contributed by atoms with Gasteiger partial charge in [0.1, 0.15) is 11.9 Å². The lowest BCUT2D eigenvalue weighted by Gasteiger charge is -2.15. The van der Waals surface area contributed by atoms with Crippen LogP contribution in [0.15, 0.2) is 24.3 Å². The zero-order chi connectivity index (χ0) is 13.7. The molecule has 0 aromatic heterocycles. The normalized spacial score (nSPS) is 22.9. The molecule has 1 aliphatic carbocycles. The minimum atomic E-state index is 0.388. The molecular weight excluding hydrogens is 234 g/mol. The minimum absolute atomic E-state index is 0.388. The average Bonchev–Trinajstić information content (AvgIpc) is 2.84. The first kappa shape index (κ1) is 14.4. The van der Waals surface area contributed by atoms with Gasteiger partial charge in [-0.25, -0.2) is 0 Å². The fourth-order valence-electron chi connectivity index (χ4n) is 2.70. The molecule has 0 saturated heterocycles. The summed E-state index contributed by atoms with van der Waals surface area (Å²) in [7, 11) is 0. The SMILES string of the molecule is CCCNC1CCC(Oc2ccc(C(C)C)cc2)C1. The van der Waals surface area contributed by atoms with Crippen molar-refractivity contribution in [3.8, 4) is 5.75 Å². The smallest absolute Gasteiger partial charge is 0.119 e. The molecule has 1 saturated carbocycles. The average molecular weight is 261 g/mol. The molecule has 1 aromatic rings. The summed E-state index contributed by atoms with van der Waals surface area (Å²) in [5.74, 6) is 1.61. The molecule has 0 radical (unpaired) electrons. The van der Waals surface area contributed by atoms with Crippen LogP contribution in [0.2, 0.25) is 0 Å².